The Hall–Kier alpha value is -0.610. The highest BCUT2D eigenvalue weighted by molar-refractivity contribution is 5.76. The Morgan fingerprint density at radius 3 is 2.83 bits per heavy atom. The van der Waals surface area contributed by atoms with Crippen molar-refractivity contribution < 1.29 is 9.53 Å². The highest BCUT2D eigenvalue weighted by atomic mass is 16.5. The third-order valence-corrected chi connectivity index (χ3v) is 1.44. The number of hydrogen-bond acceptors (Lipinski definition) is 3. The van der Waals surface area contributed by atoms with Crippen molar-refractivity contribution >= 4 is 5.91 Å². The zero-order valence-electron chi connectivity index (χ0n) is 7.80. The molecule has 72 valence electrons. The predicted molar refractivity (Wildman–Crippen MR) is 47.8 cm³/mol. The van der Waals surface area contributed by atoms with Crippen molar-refractivity contribution in [1.29, 1.82) is 0 Å². The SMILES string of the molecule is CCOCCC(=O)N[C@H](C)CN. The second kappa shape index (κ2) is 7.06. The van der Waals surface area contributed by atoms with Crippen molar-refractivity contribution in [2.45, 2.75) is 26.3 Å². The van der Waals surface area contributed by atoms with Crippen molar-refractivity contribution in [2.24, 2.45) is 5.73 Å². The quantitative estimate of drug-likeness (QED) is 0.552. The number of amides is 1. The molecule has 0 rings (SSSR count). The Morgan fingerprint density at radius 2 is 2.33 bits per heavy atom. The summed E-state index contributed by atoms with van der Waals surface area (Å²) < 4.78 is 5.03. The highest BCUT2D eigenvalue weighted by Crippen LogP contribution is 1.84. The molecule has 0 fully saturated rings. The molecule has 3 N–H and O–H groups in total. The minimum atomic E-state index is 0.00130. The lowest BCUT2D eigenvalue weighted by Crippen LogP contribution is -2.38. The van der Waals surface area contributed by atoms with Crippen LogP contribution in [0.3, 0.4) is 0 Å². The second-order valence-corrected chi connectivity index (χ2v) is 2.65. The van der Waals surface area contributed by atoms with E-state index in [1.54, 1.807) is 0 Å². The zero-order chi connectivity index (χ0) is 9.40. The van der Waals surface area contributed by atoms with Crippen molar-refractivity contribution in [3.05, 3.63) is 0 Å². The molecule has 4 nitrogen and oxygen atoms in total. The largest absolute Gasteiger partial charge is 0.381 e. The molecule has 0 aromatic heterocycles. The maximum absolute atomic E-state index is 11.0. The van der Waals surface area contributed by atoms with Gasteiger partial charge in [-0.25, -0.2) is 0 Å². The van der Waals surface area contributed by atoms with E-state index < -0.39 is 0 Å². The minimum Gasteiger partial charge on any atom is -0.381 e. The fourth-order valence-electron chi connectivity index (χ4n) is 0.715. The second-order valence-electron chi connectivity index (χ2n) is 2.65. The van der Waals surface area contributed by atoms with Crippen LogP contribution >= 0.6 is 0 Å². The first-order valence-corrected chi connectivity index (χ1v) is 4.27. The van der Waals surface area contributed by atoms with E-state index >= 15 is 0 Å². The van der Waals surface area contributed by atoms with E-state index in [2.05, 4.69) is 5.32 Å². The summed E-state index contributed by atoms with van der Waals surface area (Å²) in [5, 5.41) is 2.74. The zero-order valence-corrected chi connectivity index (χ0v) is 7.80. The van der Waals surface area contributed by atoms with Gasteiger partial charge in [-0.1, -0.05) is 0 Å². The van der Waals surface area contributed by atoms with Crippen LogP contribution in [0.2, 0.25) is 0 Å². The van der Waals surface area contributed by atoms with Crippen molar-refractivity contribution in [1.82, 2.24) is 5.32 Å². The minimum absolute atomic E-state index is 0.00130. The van der Waals surface area contributed by atoms with Crippen LogP contribution in [-0.4, -0.2) is 31.7 Å². The summed E-state index contributed by atoms with van der Waals surface area (Å²) in [5.74, 6) is 0.00130. The van der Waals surface area contributed by atoms with Gasteiger partial charge in [0.1, 0.15) is 0 Å². The van der Waals surface area contributed by atoms with E-state index in [4.69, 9.17) is 10.5 Å². The van der Waals surface area contributed by atoms with Crippen LogP contribution < -0.4 is 11.1 Å². The summed E-state index contributed by atoms with van der Waals surface area (Å²) in [6.07, 6.45) is 0.415. The van der Waals surface area contributed by atoms with Crippen molar-refractivity contribution in [3.63, 3.8) is 0 Å². The van der Waals surface area contributed by atoms with Crippen LogP contribution in [0.25, 0.3) is 0 Å². The van der Waals surface area contributed by atoms with E-state index in [0.29, 0.717) is 26.2 Å². The highest BCUT2D eigenvalue weighted by Gasteiger charge is 2.04. The number of rotatable bonds is 6. The molecule has 0 unspecified atom stereocenters. The average molecular weight is 174 g/mol. The summed E-state index contributed by atoms with van der Waals surface area (Å²) in [4.78, 5) is 11.0. The van der Waals surface area contributed by atoms with Gasteiger partial charge >= 0.3 is 0 Å². The van der Waals surface area contributed by atoms with Crippen LogP contribution in [0.15, 0.2) is 0 Å². The standard InChI is InChI=1S/C8H18N2O2/c1-3-12-5-4-8(11)10-7(2)6-9/h7H,3-6,9H2,1-2H3,(H,10,11)/t7-/m1/s1. The molecule has 0 saturated heterocycles. The fraction of sp³-hybridized carbons (Fsp3) is 0.875. The van der Waals surface area contributed by atoms with Gasteiger partial charge in [0.2, 0.25) is 5.91 Å². The third kappa shape index (κ3) is 6.12. The average Bonchev–Trinajstić information content (AvgIpc) is 2.05. The number of nitrogens with one attached hydrogen (secondary N) is 1. The van der Waals surface area contributed by atoms with Gasteiger partial charge in [-0.15, -0.1) is 0 Å². The van der Waals surface area contributed by atoms with E-state index in [0.717, 1.165) is 0 Å². The molecule has 0 aromatic carbocycles. The molecular formula is C8H18N2O2. The van der Waals surface area contributed by atoms with Gasteiger partial charge < -0.3 is 15.8 Å². The fourth-order valence-corrected chi connectivity index (χ4v) is 0.715. The molecular weight excluding hydrogens is 156 g/mol. The normalized spacial score (nSPS) is 12.6. The lowest BCUT2D eigenvalue weighted by atomic mass is 10.3. The van der Waals surface area contributed by atoms with Crippen molar-refractivity contribution in [2.75, 3.05) is 19.8 Å². The number of nitrogens with two attached hydrogens (primary N) is 1. The van der Waals surface area contributed by atoms with Gasteiger partial charge in [-0.05, 0) is 13.8 Å². The molecule has 0 aliphatic heterocycles. The van der Waals surface area contributed by atoms with Crippen LogP contribution in [0, 0.1) is 0 Å². The van der Waals surface area contributed by atoms with E-state index in [9.17, 15) is 4.79 Å². The Balaban J connectivity index is 3.33. The molecule has 0 heterocycles. The Labute approximate surface area is 73.5 Å². The lowest BCUT2D eigenvalue weighted by molar-refractivity contribution is -0.122. The Bertz CT molecular complexity index is 128. The maximum Gasteiger partial charge on any atom is 0.222 e. The molecule has 12 heavy (non-hydrogen) atoms. The Morgan fingerprint density at radius 1 is 1.67 bits per heavy atom. The molecule has 0 aromatic rings. The first kappa shape index (κ1) is 11.4. The van der Waals surface area contributed by atoms with Crippen LogP contribution in [0.5, 0.6) is 0 Å². The third-order valence-electron chi connectivity index (χ3n) is 1.44. The molecule has 1 atom stereocenters. The van der Waals surface area contributed by atoms with E-state index in [-0.39, 0.29) is 11.9 Å². The van der Waals surface area contributed by atoms with Crippen LogP contribution in [0.4, 0.5) is 0 Å². The number of carbonyl (C=O) groups excluding carboxylic acids is 1. The van der Waals surface area contributed by atoms with Crippen LogP contribution in [0.1, 0.15) is 20.3 Å². The molecule has 0 aliphatic rings. The monoisotopic (exact) mass is 174 g/mol. The topological polar surface area (TPSA) is 64.3 Å². The summed E-state index contributed by atoms with van der Waals surface area (Å²) in [6.45, 7) is 5.39. The number of hydrogen-bond donors (Lipinski definition) is 2. The summed E-state index contributed by atoms with van der Waals surface area (Å²) in [5.41, 5.74) is 5.33. The van der Waals surface area contributed by atoms with Gasteiger partial charge in [-0.3, -0.25) is 4.79 Å². The molecule has 0 bridgehead atoms. The molecule has 0 saturated carbocycles. The first-order valence-electron chi connectivity index (χ1n) is 4.27. The first-order chi connectivity index (χ1) is 5.70. The molecule has 0 spiro atoms. The predicted octanol–water partition coefficient (Wildman–Crippen LogP) is -0.124. The van der Waals surface area contributed by atoms with Gasteiger partial charge in [0.05, 0.1) is 6.61 Å². The number of ether oxygens (including phenoxy) is 1. The summed E-state index contributed by atoms with van der Waals surface area (Å²) >= 11 is 0. The van der Waals surface area contributed by atoms with E-state index in [1.165, 1.54) is 0 Å². The Kier molecular flexibility index (Phi) is 6.70. The maximum atomic E-state index is 11.0. The van der Waals surface area contributed by atoms with Gasteiger partial charge in [0.25, 0.3) is 0 Å². The van der Waals surface area contributed by atoms with E-state index in [1.807, 2.05) is 13.8 Å². The van der Waals surface area contributed by atoms with Crippen LogP contribution in [-0.2, 0) is 9.53 Å². The smallest absolute Gasteiger partial charge is 0.222 e. The van der Waals surface area contributed by atoms with Gasteiger partial charge in [-0.2, -0.15) is 0 Å². The van der Waals surface area contributed by atoms with Gasteiger partial charge in [0.15, 0.2) is 0 Å². The van der Waals surface area contributed by atoms with Gasteiger partial charge in [0, 0.05) is 25.6 Å². The summed E-state index contributed by atoms with van der Waals surface area (Å²) in [7, 11) is 0. The molecule has 1 amide bonds. The molecule has 0 radical (unpaired) electrons. The lowest BCUT2D eigenvalue weighted by Gasteiger charge is -2.10. The molecule has 0 aliphatic carbocycles. The number of carbonyl (C=O) groups is 1. The molecule has 4 heteroatoms. The summed E-state index contributed by atoms with van der Waals surface area (Å²) in [6, 6.07) is 0.0547. The van der Waals surface area contributed by atoms with Crippen molar-refractivity contribution in [3.8, 4) is 0 Å².